The van der Waals surface area contributed by atoms with Gasteiger partial charge < -0.3 is 14.2 Å². The zero-order valence-electron chi connectivity index (χ0n) is 13.4. The van der Waals surface area contributed by atoms with Gasteiger partial charge in [0.15, 0.2) is 11.5 Å². The average molecular weight is 369 g/mol. The van der Waals surface area contributed by atoms with Gasteiger partial charge in [-0.2, -0.15) is 0 Å². The zero-order chi connectivity index (χ0) is 17.5. The third kappa shape index (κ3) is 5.05. The minimum absolute atomic E-state index is 0.307. The summed E-state index contributed by atoms with van der Waals surface area (Å²) in [6, 6.07) is 13.3. The molecule has 0 saturated carbocycles. The first-order chi connectivity index (χ1) is 11.5. The molecule has 4 nitrogen and oxygen atoms in total. The summed E-state index contributed by atoms with van der Waals surface area (Å²) in [6.45, 7) is 0. The van der Waals surface area contributed by atoms with Crippen LogP contribution >= 0.6 is 23.2 Å². The van der Waals surface area contributed by atoms with E-state index in [4.69, 9.17) is 37.4 Å². The molecule has 0 heterocycles. The second-order valence-corrected chi connectivity index (χ2v) is 6.15. The number of carbonyl (C=O) groups excluding carboxylic acids is 1. The van der Waals surface area contributed by atoms with Crippen LogP contribution in [0.1, 0.15) is 11.1 Å². The summed E-state index contributed by atoms with van der Waals surface area (Å²) in [5.41, 5.74) is 2.20. The van der Waals surface area contributed by atoms with Gasteiger partial charge in [0.25, 0.3) is 0 Å². The predicted molar refractivity (Wildman–Crippen MR) is 94.5 cm³/mol. The second-order valence-electron chi connectivity index (χ2n) is 5.06. The Kier molecular flexibility index (Phi) is 6.76. The van der Waals surface area contributed by atoms with E-state index < -0.39 is 10.8 Å². The molecule has 0 amide bonds. The van der Waals surface area contributed by atoms with Gasteiger partial charge in [0.2, 0.25) is 4.84 Å². The lowest BCUT2D eigenvalue weighted by atomic mass is 10.0. The minimum atomic E-state index is -1.24. The van der Waals surface area contributed by atoms with E-state index in [1.807, 2.05) is 30.3 Å². The molecule has 0 unspecified atom stereocenters. The standard InChI is InChI=1S/C18H18Cl2O4/c1-22-14-8-5-12(6-9-14)3-4-13-7-10-15(23-2)16(11-13)24-18(21)17(19)20/h5-11,17H,3-4H2,1-2H3. The van der Waals surface area contributed by atoms with Crippen molar-refractivity contribution in [2.45, 2.75) is 17.7 Å². The molecule has 0 N–H and O–H groups in total. The summed E-state index contributed by atoms with van der Waals surface area (Å²) in [5, 5.41) is 0. The van der Waals surface area contributed by atoms with Crippen molar-refractivity contribution >= 4 is 29.2 Å². The highest BCUT2D eigenvalue weighted by Crippen LogP contribution is 2.29. The van der Waals surface area contributed by atoms with Gasteiger partial charge in [0.1, 0.15) is 5.75 Å². The van der Waals surface area contributed by atoms with Gasteiger partial charge in [-0.3, -0.25) is 0 Å². The van der Waals surface area contributed by atoms with E-state index in [-0.39, 0.29) is 0 Å². The van der Waals surface area contributed by atoms with E-state index >= 15 is 0 Å². The Labute approximate surface area is 151 Å². The van der Waals surface area contributed by atoms with E-state index in [2.05, 4.69) is 0 Å². The molecule has 0 saturated heterocycles. The molecule has 2 rings (SSSR count). The second kappa shape index (κ2) is 8.81. The molecule has 0 aliphatic heterocycles. The summed E-state index contributed by atoms with van der Waals surface area (Å²) in [4.78, 5) is 10.3. The topological polar surface area (TPSA) is 44.8 Å². The molecule has 0 bridgehead atoms. The lowest BCUT2D eigenvalue weighted by molar-refractivity contribution is -0.132. The Bertz CT molecular complexity index is 684. The number of aryl methyl sites for hydroxylation is 2. The SMILES string of the molecule is COc1ccc(CCc2ccc(OC)c(OC(=O)C(Cl)Cl)c2)cc1. The smallest absolute Gasteiger partial charge is 0.344 e. The number of ether oxygens (including phenoxy) is 3. The maximum absolute atomic E-state index is 11.6. The van der Waals surface area contributed by atoms with Crippen LogP contribution in [0.5, 0.6) is 17.2 Å². The van der Waals surface area contributed by atoms with Crippen molar-refractivity contribution in [1.82, 2.24) is 0 Å². The average Bonchev–Trinajstić information content (AvgIpc) is 2.60. The number of carbonyl (C=O) groups is 1. The van der Waals surface area contributed by atoms with E-state index in [0.717, 1.165) is 24.2 Å². The zero-order valence-corrected chi connectivity index (χ0v) is 14.9. The van der Waals surface area contributed by atoms with Crippen molar-refractivity contribution in [3.8, 4) is 17.2 Å². The van der Waals surface area contributed by atoms with Crippen LogP contribution < -0.4 is 14.2 Å². The molecule has 2 aromatic rings. The molecule has 0 radical (unpaired) electrons. The number of hydrogen-bond acceptors (Lipinski definition) is 4. The molecular formula is C18H18Cl2O4. The van der Waals surface area contributed by atoms with Crippen LogP contribution in [0.15, 0.2) is 42.5 Å². The van der Waals surface area contributed by atoms with Crippen LogP contribution in [-0.4, -0.2) is 25.0 Å². The predicted octanol–water partition coefficient (Wildman–Crippen LogP) is 4.20. The number of alkyl halides is 2. The molecule has 0 fully saturated rings. The fourth-order valence-electron chi connectivity index (χ4n) is 2.19. The number of esters is 1. The number of hydrogen-bond donors (Lipinski definition) is 0. The molecular weight excluding hydrogens is 351 g/mol. The monoisotopic (exact) mass is 368 g/mol. The van der Waals surface area contributed by atoms with Crippen molar-refractivity contribution < 1.29 is 19.0 Å². The lowest BCUT2D eigenvalue weighted by Crippen LogP contribution is -2.16. The third-order valence-corrected chi connectivity index (χ3v) is 3.83. The number of benzene rings is 2. The van der Waals surface area contributed by atoms with Crippen LogP contribution in [0, 0.1) is 0 Å². The molecule has 6 heteroatoms. The summed E-state index contributed by atoms with van der Waals surface area (Å²) in [7, 11) is 3.14. The molecule has 0 spiro atoms. The molecule has 0 aliphatic rings. The fraction of sp³-hybridized carbons (Fsp3) is 0.278. The summed E-state index contributed by atoms with van der Waals surface area (Å²) >= 11 is 11.0. The van der Waals surface area contributed by atoms with Gasteiger partial charge in [-0.1, -0.05) is 41.4 Å². The van der Waals surface area contributed by atoms with Crippen LogP contribution in [0.3, 0.4) is 0 Å². The molecule has 128 valence electrons. The van der Waals surface area contributed by atoms with E-state index in [0.29, 0.717) is 11.5 Å². The first-order valence-corrected chi connectivity index (χ1v) is 8.20. The molecule has 0 aliphatic carbocycles. The Hall–Kier alpha value is -1.91. The van der Waals surface area contributed by atoms with Gasteiger partial charge >= 0.3 is 5.97 Å². The normalized spacial score (nSPS) is 10.5. The summed E-state index contributed by atoms with van der Waals surface area (Å²) in [6.07, 6.45) is 1.63. The van der Waals surface area contributed by atoms with Gasteiger partial charge in [-0.25, -0.2) is 4.79 Å². The molecule has 2 aromatic carbocycles. The highest BCUT2D eigenvalue weighted by atomic mass is 35.5. The molecule has 24 heavy (non-hydrogen) atoms. The number of rotatable bonds is 7. The highest BCUT2D eigenvalue weighted by Gasteiger charge is 2.17. The van der Waals surface area contributed by atoms with Crippen molar-refractivity contribution in [2.75, 3.05) is 14.2 Å². The van der Waals surface area contributed by atoms with Crippen molar-refractivity contribution in [3.05, 3.63) is 53.6 Å². The Morgan fingerprint density at radius 3 is 2.12 bits per heavy atom. The van der Waals surface area contributed by atoms with Crippen molar-refractivity contribution in [1.29, 1.82) is 0 Å². The van der Waals surface area contributed by atoms with E-state index in [1.54, 1.807) is 19.2 Å². The maximum atomic E-state index is 11.6. The third-order valence-electron chi connectivity index (χ3n) is 3.48. The quantitative estimate of drug-likeness (QED) is 0.417. The number of halogens is 2. The first-order valence-electron chi connectivity index (χ1n) is 7.33. The summed E-state index contributed by atoms with van der Waals surface area (Å²) in [5.74, 6) is 0.851. The lowest BCUT2D eigenvalue weighted by Gasteiger charge is -2.11. The highest BCUT2D eigenvalue weighted by molar-refractivity contribution is 6.53. The Balaban J connectivity index is 2.08. The van der Waals surface area contributed by atoms with Gasteiger partial charge in [-0.15, -0.1) is 0 Å². The van der Waals surface area contributed by atoms with Gasteiger partial charge in [-0.05, 0) is 48.2 Å². The van der Waals surface area contributed by atoms with E-state index in [9.17, 15) is 4.79 Å². The van der Waals surface area contributed by atoms with Gasteiger partial charge in [0.05, 0.1) is 14.2 Å². The van der Waals surface area contributed by atoms with Crippen LogP contribution in [0.4, 0.5) is 0 Å². The Morgan fingerprint density at radius 1 is 0.917 bits per heavy atom. The van der Waals surface area contributed by atoms with Crippen LogP contribution in [0.2, 0.25) is 0 Å². The van der Waals surface area contributed by atoms with Crippen LogP contribution in [-0.2, 0) is 17.6 Å². The fourth-order valence-corrected chi connectivity index (χ4v) is 2.28. The largest absolute Gasteiger partial charge is 0.497 e. The van der Waals surface area contributed by atoms with E-state index in [1.165, 1.54) is 12.7 Å². The molecule has 0 aromatic heterocycles. The summed E-state index contributed by atoms with van der Waals surface area (Å²) < 4.78 is 15.5. The minimum Gasteiger partial charge on any atom is -0.497 e. The van der Waals surface area contributed by atoms with Crippen molar-refractivity contribution in [3.63, 3.8) is 0 Å². The van der Waals surface area contributed by atoms with Crippen molar-refractivity contribution in [2.24, 2.45) is 0 Å². The molecule has 0 atom stereocenters. The first kappa shape index (κ1) is 18.4. The Morgan fingerprint density at radius 2 is 1.54 bits per heavy atom. The number of methoxy groups -OCH3 is 2. The van der Waals surface area contributed by atoms with Crippen LogP contribution in [0.25, 0.3) is 0 Å². The van der Waals surface area contributed by atoms with Gasteiger partial charge in [0, 0.05) is 0 Å². The maximum Gasteiger partial charge on any atom is 0.344 e.